The standard InChI is InChI=1S/C30H38Cl2N4O2/c1-17-13-22(14-18(2)29(17)32)38-12-8-9-23-24-10-11-25(31)28(27-20(4)34-35(7)21(27)5)30(24)36(26(23)16-37)15-19(3)33-6/h10-11,13-14,16,19,23,26,33H,8-9,12,15H2,1-7H3. The van der Waals surface area contributed by atoms with Crippen molar-refractivity contribution in [1.29, 1.82) is 0 Å². The van der Waals surface area contributed by atoms with E-state index in [2.05, 4.69) is 35.2 Å². The number of likely N-dealkylation sites (N-methyl/N-ethyl adjacent to an activating group) is 1. The highest BCUT2D eigenvalue weighted by Gasteiger charge is 2.41. The Bertz CT molecular complexity index is 1310. The Hall–Kier alpha value is -2.54. The van der Waals surface area contributed by atoms with Crippen molar-refractivity contribution in [3.63, 3.8) is 0 Å². The summed E-state index contributed by atoms with van der Waals surface area (Å²) >= 11 is 13.2. The molecule has 0 saturated carbocycles. The lowest BCUT2D eigenvalue weighted by Gasteiger charge is -2.30. The number of carbonyl (C=O) groups excluding carboxylic acids is 1. The average Bonchev–Trinajstić information content (AvgIpc) is 3.31. The third kappa shape index (κ3) is 5.31. The first-order valence-electron chi connectivity index (χ1n) is 13.2. The molecule has 3 unspecified atom stereocenters. The third-order valence-electron chi connectivity index (χ3n) is 7.82. The smallest absolute Gasteiger partial charge is 0.143 e. The van der Waals surface area contributed by atoms with Gasteiger partial charge in [-0.3, -0.25) is 4.68 Å². The van der Waals surface area contributed by atoms with E-state index >= 15 is 0 Å². The summed E-state index contributed by atoms with van der Waals surface area (Å²) in [5.74, 6) is 0.862. The highest BCUT2D eigenvalue weighted by molar-refractivity contribution is 6.34. The molecule has 6 nitrogen and oxygen atoms in total. The number of nitrogens with one attached hydrogen (secondary N) is 1. The summed E-state index contributed by atoms with van der Waals surface area (Å²) in [4.78, 5) is 14.9. The van der Waals surface area contributed by atoms with Crippen molar-refractivity contribution in [1.82, 2.24) is 15.1 Å². The van der Waals surface area contributed by atoms with E-state index in [1.165, 1.54) is 0 Å². The predicted molar refractivity (Wildman–Crippen MR) is 157 cm³/mol. The van der Waals surface area contributed by atoms with Gasteiger partial charge in [0, 0.05) is 47.4 Å². The molecule has 0 saturated heterocycles. The Balaban J connectivity index is 1.68. The Morgan fingerprint density at radius 1 is 1.13 bits per heavy atom. The van der Waals surface area contributed by atoms with Crippen molar-refractivity contribution in [2.45, 2.75) is 65.5 Å². The first kappa shape index (κ1) is 28.5. The van der Waals surface area contributed by atoms with Gasteiger partial charge in [0.15, 0.2) is 0 Å². The second-order valence-corrected chi connectivity index (χ2v) is 11.3. The number of aromatic nitrogens is 2. The van der Waals surface area contributed by atoms with Crippen molar-refractivity contribution in [3.8, 4) is 16.9 Å². The zero-order valence-corrected chi connectivity index (χ0v) is 24.9. The number of ether oxygens (including phenoxy) is 1. The molecule has 1 aliphatic rings. The fourth-order valence-electron chi connectivity index (χ4n) is 5.69. The molecule has 0 fully saturated rings. The van der Waals surface area contributed by atoms with E-state index in [4.69, 9.17) is 27.9 Å². The molecule has 204 valence electrons. The highest BCUT2D eigenvalue weighted by atomic mass is 35.5. The van der Waals surface area contributed by atoms with Crippen LogP contribution in [0.2, 0.25) is 10.0 Å². The van der Waals surface area contributed by atoms with Gasteiger partial charge in [-0.2, -0.15) is 5.10 Å². The Morgan fingerprint density at radius 3 is 2.39 bits per heavy atom. The lowest BCUT2D eigenvalue weighted by molar-refractivity contribution is -0.109. The monoisotopic (exact) mass is 556 g/mol. The van der Waals surface area contributed by atoms with Crippen molar-refractivity contribution >= 4 is 35.2 Å². The van der Waals surface area contributed by atoms with Crippen LogP contribution in [-0.4, -0.2) is 48.3 Å². The maximum atomic E-state index is 12.6. The summed E-state index contributed by atoms with van der Waals surface area (Å²) in [7, 11) is 3.89. The van der Waals surface area contributed by atoms with Gasteiger partial charge in [0.05, 0.1) is 29.1 Å². The molecule has 1 N–H and O–H groups in total. The van der Waals surface area contributed by atoms with E-state index in [1.54, 1.807) is 0 Å². The molecule has 0 amide bonds. The minimum absolute atomic E-state index is 0.0390. The molecular weight excluding hydrogens is 519 g/mol. The fraction of sp³-hybridized carbons (Fsp3) is 0.467. The summed E-state index contributed by atoms with van der Waals surface area (Å²) in [6.07, 6.45) is 2.73. The summed E-state index contributed by atoms with van der Waals surface area (Å²) in [6.45, 7) is 11.4. The molecule has 0 bridgehead atoms. The SMILES string of the molecule is CNC(C)CN1c2c(ccc(Cl)c2-c2c(C)nn(C)c2C)C(CCCOc2cc(C)c(Cl)c(C)c2)C1C=O. The Kier molecular flexibility index (Phi) is 8.75. The normalized spacial score (nSPS) is 17.6. The second kappa shape index (κ2) is 11.7. The van der Waals surface area contributed by atoms with E-state index < -0.39 is 0 Å². The van der Waals surface area contributed by atoms with Crippen LogP contribution in [0.1, 0.15) is 53.8 Å². The largest absolute Gasteiger partial charge is 0.494 e. The maximum absolute atomic E-state index is 12.6. The van der Waals surface area contributed by atoms with E-state index in [9.17, 15) is 4.79 Å². The van der Waals surface area contributed by atoms with E-state index in [1.807, 2.05) is 57.7 Å². The zero-order chi connectivity index (χ0) is 27.7. The lowest BCUT2D eigenvalue weighted by atomic mass is 9.89. The quantitative estimate of drug-likeness (QED) is 0.226. The minimum Gasteiger partial charge on any atom is -0.494 e. The molecule has 4 rings (SSSR count). The van der Waals surface area contributed by atoms with Gasteiger partial charge in [-0.25, -0.2) is 0 Å². The van der Waals surface area contributed by atoms with Crippen LogP contribution in [0.15, 0.2) is 24.3 Å². The fourth-order valence-corrected chi connectivity index (χ4v) is 6.05. The average molecular weight is 558 g/mol. The summed E-state index contributed by atoms with van der Waals surface area (Å²) < 4.78 is 7.98. The number of benzene rings is 2. The lowest BCUT2D eigenvalue weighted by Crippen LogP contribution is -2.43. The number of rotatable bonds is 10. The molecular formula is C30H38Cl2N4O2. The zero-order valence-electron chi connectivity index (χ0n) is 23.4. The molecule has 0 aliphatic carbocycles. The molecule has 2 heterocycles. The van der Waals surface area contributed by atoms with Crippen LogP contribution in [0, 0.1) is 27.7 Å². The van der Waals surface area contributed by atoms with Gasteiger partial charge >= 0.3 is 0 Å². The molecule has 3 atom stereocenters. The number of anilines is 1. The number of aldehydes is 1. The van der Waals surface area contributed by atoms with Crippen molar-refractivity contribution in [2.24, 2.45) is 7.05 Å². The van der Waals surface area contributed by atoms with Crippen LogP contribution in [0.5, 0.6) is 5.75 Å². The van der Waals surface area contributed by atoms with Crippen molar-refractivity contribution in [2.75, 3.05) is 25.1 Å². The minimum atomic E-state index is -0.282. The Labute approximate surface area is 236 Å². The van der Waals surface area contributed by atoms with Gasteiger partial charge in [0.25, 0.3) is 0 Å². The van der Waals surface area contributed by atoms with Gasteiger partial charge < -0.3 is 19.7 Å². The number of halogens is 2. The van der Waals surface area contributed by atoms with Crippen molar-refractivity contribution < 1.29 is 9.53 Å². The van der Waals surface area contributed by atoms with E-state index in [-0.39, 0.29) is 18.0 Å². The molecule has 1 aliphatic heterocycles. The molecule has 0 radical (unpaired) electrons. The van der Waals surface area contributed by atoms with Crippen LogP contribution >= 0.6 is 23.2 Å². The van der Waals surface area contributed by atoms with Gasteiger partial charge in [0.1, 0.15) is 12.0 Å². The number of nitrogens with zero attached hydrogens (tertiary/aromatic N) is 3. The first-order chi connectivity index (χ1) is 18.1. The van der Waals surface area contributed by atoms with Gasteiger partial charge in [0.2, 0.25) is 0 Å². The topological polar surface area (TPSA) is 59.4 Å². The predicted octanol–water partition coefficient (Wildman–Crippen LogP) is 6.57. The van der Waals surface area contributed by atoms with Crippen LogP contribution < -0.4 is 15.0 Å². The first-order valence-corrected chi connectivity index (χ1v) is 14.0. The van der Waals surface area contributed by atoms with Crippen LogP contribution in [0.25, 0.3) is 11.1 Å². The summed E-state index contributed by atoms with van der Waals surface area (Å²) in [5, 5.41) is 9.43. The van der Waals surface area contributed by atoms with Crippen molar-refractivity contribution in [3.05, 3.63) is 62.4 Å². The van der Waals surface area contributed by atoms with Crippen LogP contribution in [0.3, 0.4) is 0 Å². The summed E-state index contributed by atoms with van der Waals surface area (Å²) in [5.41, 5.74) is 8.20. The summed E-state index contributed by atoms with van der Waals surface area (Å²) in [6, 6.07) is 7.92. The van der Waals surface area contributed by atoms with E-state index in [0.717, 1.165) is 74.8 Å². The van der Waals surface area contributed by atoms with Gasteiger partial charge in [-0.05, 0) is 89.4 Å². The van der Waals surface area contributed by atoms with Gasteiger partial charge in [-0.1, -0.05) is 29.3 Å². The van der Waals surface area contributed by atoms with Gasteiger partial charge in [-0.15, -0.1) is 0 Å². The molecule has 2 aromatic carbocycles. The highest BCUT2D eigenvalue weighted by Crippen LogP contribution is 2.51. The Morgan fingerprint density at radius 2 is 1.82 bits per heavy atom. The molecule has 38 heavy (non-hydrogen) atoms. The van der Waals surface area contributed by atoms with E-state index in [0.29, 0.717) is 18.2 Å². The number of carbonyl (C=O) groups is 1. The molecule has 3 aromatic rings. The van der Waals surface area contributed by atoms with Crippen LogP contribution in [-0.2, 0) is 11.8 Å². The maximum Gasteiger partial charge on any atom is 0.143 e. The van der Waals surface area contributed by atoms with Crippen LogP contribution in [0.4, 0.5) is 5.69 Å². The second-order valence-electron chi connectivity index (χ2n) is 10.5. The number of hydrogen-bond acceptors (Lipinski definition) is 5. The number of hydrogen-bond donors (Lipinski definition) is 1. The molecule has 8 heteroatoms. The third-order valence-corrected chi connectivity index (χ3v) is 8.73. The number of fused-ring (bicyclic) bond motifs is 1. The molecule has 1 aromatic heterocycles. The number of aryl methyl sites for hydroxylation is 4. The molecule has 0 spiro atoms.